The number of halogens is 2. The summed E-state index contributed by atoms with van der Waals surface area (Å²) in [6, 6.07) is 12.2. The van der Waals surface area contributed by atoms with E-state index in [1.165, 1.54) is 0 Å². The lowest BCUT2D eigenvalue weighted by atomic mass is 9.48. The number of carbonyl (C=O) groups is 1. The van der Waals surface area contributed by atoms with Gasteiger partial charge < -0.3 is 25.0 Å². The Labute approximate surface area is 217 Å². The highest BCUT2D eigenvalue weighted by Crippen LogP contribution is 2.65. The third-order valence-electron chi connectivity index (χ3n) is 8.73. The molecule has 0 amide bonds. The zero-order chi connectivity index (χ0) is 23.0. The molecule has 0 unspecified atom stereocenters. The maximum atomic E-state index is 12.2. The number of likely N-dealkylation sites (N-methyl/N-ethyl adjacent to an activating group) is 1. The zero-order valence-corrected chi connectivity index (χ0v) is 21.1. The van der Waals surface area contributed by atoms with E-state index in [2.05, 4.69) is 17.3 Å². The van der Waals surface area contributed by atoms with E-state index in [-0.39, 0.29) is 42.6 Å². The van der Waals surface area contributed by atoms with Crippen LogP contribution in [0.4, 0.5) is 0 Å². The number of carboxylic acid groups (broad SMARTS) is 1. The summed E-state index contributed by atoms with van der Waals surface area (Å²) in [5.41, 5.74) is 1.38. The van der Waals surface area contributed by atoms with Crippen LogP contribution in [0.25, 0.3) is 0 Å². The molecule has 2 bridgehead atoms. The molecule has 4 aliphatic rings. The largest absolute Gasteiger partial charge is 0.504 e. The van der Waals surface area contributed by atoms with Gasteiger partial charge in [0.25, 0.3) is 0 Å². The van der Waals surface area contributed by atoms with Gasteiger partial charge in [0.1, 0.15) is 12.1 Å². The van der Waals surface area contributed by atoms with Gasteiger partial charge in [-0.1, -0.05) is 36.4 Å². The van der Waals surface area contributed by atoms with E-state index >= 15 is 0 Å². The molecule has 6 atom stereocenters. The second kappa shape index (κ2) is 9.12. The molecule has 1 saturated heterocycles. The number of hydrogen-bond donors (Lipinski definition) is 4. The average Bonchev–Trinajstić information content (AvgIpc) is 3.16. The minimum atomic E-state index is -0.979. The molecule has 0 aromatic heterocycles. The number of phenols is 1. The second-order valence-electron chi connectivity index (χ2n) is 10.2. The Balaban J connectivity index is 0.00000144. The molecular formula is C26H32Cl2N2O5. The smallest absolute Gasteiger partial charge is 0.321 e. The van der Waals surface area contributed by atoms with Crippen molar-refractivity contribution in [2.45, 2.75) is 67.3 Å². The summed E-state index contributed by atoms with van der Waals surface area (Å²) in [5.74, 6) is -0.334. The maximum absolute atomic E-state index is 12.2. The zero-order valence-electron chi connectivity index (χ0n) is 19.5. The van der Waals surface area contributed by atoms with E-state index in [9.17, 15) is 20.1 Å². The molecule has 6 rings (SSSR count). The van der Waals surface area contributed by atoms with Gasteiger partial charge >= 0.3 is 5.97 Å². The minimum Gasteiger partial charge on any atom is -0.504 e. The highest BCUT2D eigenvalue weighted by atomic mass is 35.5. The quantitative estimate of drug-likeness (QED) is 0.478. The number of nitrogens with zero attached hydrogens (tertiary/aromatic N) is 1. The fourth-order valence-corrected chi connectivity index (χ4v) is 7.25. The molecule has 2 aromatic carbocycles. The van der Waals surface area contributed by atoms with Crippen LogP contribution in [0.5, 0.6) is 11.5 Å². The van der Waals surface area contributed by atoms with Gasteiger partial charge in [0, 0.05) is 17.6 Å². The predicted molar refractivity (Wildman–Crippen MR) is 136 cm³/mol. The topological polar surface area (TPSA) is 102 Å². The molecule has 1 spiro atoms. The van der Waals surface area contributed by atoms with Crippen molar-refractivity contribution < 1.29 is 24.9 Å². The van der Waals surface area contributed by atoms with Crippen LogP contribution in [-0.4, -0.2) is 69.6 Å². The highest BCUT2D eigenvalue weighted by Gasteiger charge is 2.72. The second-order valence-corrected chi connectivity index (χ2v) is 10.2. The number of rotatable bonds is 5. The fourth-order valence-electron chi connectivity index (χ4n) is 7.25. The Bertz CT molecular complexity index is 1120. The van der Waals surface area contributed by atoms with Crippen LogP contribution in [-0.2, 0) is 23.1 Å². The number of ether oxygens (including phenoxy) is 1. The third kappa shape index (κ3) is 3.55. The molecule has 2 fully saturated rings. The molecule has 190 valence electrons. The predicted octanol–water partition coefficient (Wildman–Crippen LogP) is 2.67. The number of nitrogens with one attached hydrogen (secondary N) is 1. The van der Waals surface area contributed by atoms with Gasteiger partial charge in [-0.3, -0.25) is 10.1 Å². The molecule has 1 saturated carbocycles. The van der Waals surface area contributed by atoms with E-state index in [4.69, 9.17) is 4.74 Å². The SMILES string of the molecule is CN1CC[C@]23c4c5ccc(O)c4O[C@H]2[C@@H](N[C@@H](Cc2ccccc2)C(=O)O)CC[C@@]3(O)[C@H]1C5.Cl.Cl. The van der Waals surface area contributed by atoms with Gasteiger partial charge in [-0.15, -0.1) is 24.8 Å². The number of carboxylic acids is 1. The molecule has 2 heterocycles. The van der Waals surface area contributed by atoms with Crippen molar-refractivity contribution in [1.82, 2.24) is 10.2 Å². The van der Waals surface area contributed by atoms with E-state index in [0.29, 0.717) is 31.4 Å². The normalized spacial score (nSPS) is 32.9. The number of piperidine rings is 1. The molecule has 0 radical (unpaired) electrons. The maximum Gasteiger partial charge on any atom is 0.321 e. The van der Waals surface area contributed by atoms with Crippen molar-refractivity contribution in [3.05, 3.63) is 59.2 Å². The monoisotopic (exact) mass is 522 g/mol. The van der Waals surface area contributed by atoms with E-state index in [1.54, 1.807) is 6.07 Å². The Kier molecular flexibility index (Phi) is 6.79. The van der Waals surface area contributed by atoms with Crippen molar-refractivity contribution >= 4 is 30.8 Å². The summed E-state index contributed by atoms with van der Waals surface area (Å²) in [4.78, 5) is 14.4. The summed E-state index contributed by atoms with van der Waals surface area (Å²) >= 11 is 0. The highest BCUT2D eigenvalue weighted by molar-refractivity contribution is 5.85. The molecule has 2 aliphatic heterocycles. The fraction of sp³-hybridized carbons (Fsp3) is 0.500. The summed E-state index contributed by atoms with van der Waals surface area (Å²) < 4.78 is 6.47. The molecule has 2 aliphatic carbocycles. The number of hydrogen-bond acceptors (Lipinski definition) is 6. The number of phenolic OH excluding ortho intramolecular Hbond substituents is 1. The molecular weight excluding hydrogens is 491 g/mol. The van der Waals surface area contributed by atoms with E-state index < -0.39 is 29.1 Å². The number of aliphatic hydroxyl groups is 1. The van der Waals surface area contributed by atoms with Gasteiger partial charge in [-0.25, -0.2) is 0 Å². The van der Waals surface area contributed by atoms with Crippen molar-refractivity contribution in [2.24, 2.45) is 0 Å². The van der Waals surface area contributed by atoms with Crippen molar-refractivity contribution in [3.8, 4) is 11.5 Å². The molecule has 7 nitrogen and oxygen atoms in total. The molecule has 4 N–H and O–H groups in total. The summed E-state index contributed by atoms with van der Waals surface area (Å²) in [6.45, 7) is 0.820. The Morgan fingerprint density at radius 1 is 1.20 bits per heavy atom. The summed E-state index contributed by atoms with van der Waals surface area (Å²) in [5, 5.41) is 36.3. The average molecular weight is 523 g/mol. The number of likely N-dealkylation sites (tertiary alicyclic amines) is 1. The molecule has 35 heavy (non-hydrogen) atoms. The van der Waals surface area contributed by atoms with Crippen LogP contribution >= 0.6 is 24.8 Å². The van der Waals surface area contributed by atoms with Gasteiger partial charge in [0.2, 0.25) is 0 Å². The van der Waals surface area contributed by atoms with Crippen molar-refractivity contribution in [2.75, 3.05) is 13.6 Å². The Morgan fingerprint density at radius 2 is 1.94 bits per heavy atom. The first-order chi connectivity index (χ1) is 15.8. The molecule has 2 aromatic rings. The number of aromatic hydroxyl groups is 1. The first-order valence-electron chi connectivity index (χ1n) is 11.8. The van der Waals surface area contributed by atoms with Crippen LogP contribution in [0.3, 0.4) is 0 Å². The lowest BCUT2D eigenvalue weighted by Crippen LogP contribution is -2.78. The summed E-state index contributed by atoms with van der Waals surface area (Å²) in [7, 11) is 2.07. The standard InChI is InChI=1S/C26H30N2O5.2ClH/c1-28-12-11-25-21-16-7-8-19(29)22(21)33-23(25)17(9-10-26(25,32)20(28)14-16)27-18(24(30)31)13-15-5-3-2-4-6-15;;/h2-8,17-18,20,23,27,29,32H,9-14H2,1H3,(H,30,31);2*1H/t17-,18-,20+,23-,25-,26+;;/m0../s1. The minimum absolute atomic E-state index is 0. The van der Waals surface area contributed by atoms with Crippen LogP contribution in [0, 0.1) is 0 Å². The van der Waals surface area contributed by atoms with Gasteiger partial charge in [-0.05, 0) is 62.9 Å². The Morgan fingerprint density at radius 3 is 2.66 bits per heavy atom. The van der Waals surface area contributed by atoms with Crippen LogP contribution < -0.4 is 10.1 Å². The number of benzene rings is 2. The third-order valence-corrected chi connectivity index (χ3v) is 8.73. The van der Waals surface area contributed by atoms with Gasteiger partial charge in [0.15, 0.2) is 11.5 Å². The Hall–Kier alpha value is -2.03. The van der Waals surface area contributed by atoms with Crippen LogP contribution in [0.1, 0.15) is 36.0 Å². The van der Waals surface area contributed by atoms with Crippen molar-refractivity contribution in [1.29, 1.82) is 0 Å². The first-order valence-corrected chi connectivity index (χ1v) is 11.8. The van der Waals surface area contributed by atoms with Gasteiger partial charge in [0.05, 0.1) is 11.0 Å². The van der Waals surface area contributed by atoms with Crippen molar-refractivity contribution in [3.63, 3.8) is 0 Å². The van der Waals surface area contributed by atoms with Crippen LogP contribution in [0.15, 0.2) is 42.5 Å². The lowest BCUT2D eigenvalue weighted by molar-refractivity contribution is -0.187. The summed E-state index contributed by atoms with van der Waals surface area (Å²) in [6.07, 6.45) is 2.52. The van der Waals surface area contributed by atoms with E-state index in [1.807, 2.05) is 36.4 Å². The van der Waals surface area contributed by atoms with Gasteiger partial charge in [-0.2, -0.15) is 0 Å². The first kappa shape index (κ1) is 26.0. The number of aliphatic carboxylic acids is 1. The van der Waals surface area contributed by atoms with Crippen LogP contribution in [0.2, 0.25) is 0 Å². The lowest BCUT2D eigenvalue weighted by Gasteiger charge is -2.63. The molecule has 9 heteroatoms. The van der Waals surface area contributed by atoms with E-state index in [0.717, 1.165) is 29.7 Å².